The van der Waals surface area contributed by atoms with Crippen molar-refractivity contribution >= 4 is 0 Å². The third-order valence-corrected chi connectivity index (χ3v) is 11.2. The van der Waals surface area contributed by atoms with Crippen molar-refractivity contribution < 1.29 is 73.5 Å². The molecule has 12 nitrogen and oxygen atoms in total. The Bertz CT molecular complexity index is 1640. The molecule has 0 heterocycles. The van der Waals surface area contributed by atoms with Crippen molar-refractivity contribution in [2.45, 2.75) is 129 Å². The zero-order valence-electron chi connectivity index (χ0n) is 36.4. The molecule has 0 saturated heterocycles. The van der Waals surface area contributed by atoms with Crippen LogP contribution in [-0.2, 0) is 60.3 Å². The average molecular weight is 952 g/mol. The van der Waals surface area contributed by atoms with E-state index in [9.17, 15) is 20.4 Å². The Kier molecular flexibility index (Phi) is 23.8. The zero-order valence-corrected chi connectivity index (χ0v) is 38.3. The van der Waals surface area contributed by atoms with Crippen LogP contribution in [0.4, 0.5) is 0 Å². The van der Waals surface area contributed by atoms with Gasteiger partial charge in [-0.3, -0.25) is 0 Å². The minimum atomic E-state index is -0.0455. The summed E-state index contributed by atoms with van der Waals surface area (Å²) in [6.07, 6.45) is 8.80. The van der Waals surface area contributed by atoms with Crippen LogP contribution in [0.2, 0.25) is 0 Å². The van der Waals surface area contributed by atoms with E-state index < -0.39 is 0 Å². The minimum Gasteiger partial charge on any atom is -0.870 e. The Hall–Kier alpha value is -3.84. The Balaban J connectivity index is 0.000000320. The van der Waals surface area contributed by atoms with Crippen LogP contribution in [0.25, 0.3) is 0 Å². The molecule has 346 valence electrons. The summed E-state index contributed by atoms with van der Waals surface area (Å²) in [4.78, 5) is 0. The van der Waals surface area contributed by atoms with Gasteiger partial charge in [-0.05, 0) is 99.9 Å². The third-order valence-electron chi connectivity index (χ3n) is 11.2. The van der Waals surface area contributed by atoms with E-state index in [1.807, 2.05) is 76.2 Å². The Morgan fingerprint density at radius 1 is 0.387 bits per heavy atom. The first-order chi connectivity index (χ1) is 29.3. The molecule has 0 spiro atoms. The van der Waals surface area contributed by atoms with Crippen molar-refractivity contribution in [3.05, 3.63) is 95.1 Å². The molecule has 2 aliphatic carbocycles. The molecule has 0 bridgehead atoms. The second-order valence-corrected chi connectivity index (χ2v) is 15.2. The van der Waals surface area contributed by atoms with Gasteiger partial charge in [-0.1, -0.05) is 97.2 Å². The summed E-state index contributed by atoms with van der Waals surface area (Å²) < 4.78 is 21.7. The summed E-state index contributed by atoms with van der Waals surface area (Å²) in [6.45, 7) is 11.5. The minimum absolute atomic E-state index is 0. The number of para-hydroxylation sites is 4. The third kappa shape index (κ3) is 15.2. The molecule has 2 saturated carbocycles. The zero-order chi connectivity index (χ0) is 42.7. The summed E-state index contributed by atoms with van der Waals surface area (Å²) in [5, 5.41) is 64.3. The van der Waals surface area contributed by atoms with Crippen molar-refractivity contribution in [3.63, 3.8) is 0 Å². The largest absolute Gasteiger partial charge is 2.00 e. The van der Waals surface area contributed by atoms with Crippen LogP contribution in [0.5, 0.6) is 46.0 Å². The number of benzene rings is 4. The number of hydrogen-bond acceptors (Lipinski definition) is 12. The van der Waals surface area contributed by atoms with Crippen LogP contribution in [0.1, 0.15) is 101 Å². The summed E-state index contributed by atoms with van der Waals surface area (Å²) in [7, 11) is 0. The molecule has 62 heavy (non-hydrogen) atoms. The van der Waals surface area contributed by atoms with E-state index >= 15 is 0 Å². The van der Waals surface area contributed by atoms with E-state index in [1.54, 1.807) is 24.3 Å². The topological polar surface area (TPSA) is 177 Å². The second kappa shape index (κ2) is 28.1. The van der Waals surface area contributed by atoms with Gasteiger partial charge in [-0.15, -0.1) is 0 Å². The first-order valence-electron chi connectivity index (χ1n) is 21.9. The fourth-order valence-corrected chi connectivity index (χ4v) is 8.08. The fourth-order valence-electron chi connectivity index (χ4n) is 8.08. The van der Waals surface area contributed by atoms with Crippen molar-refractivity contribution in [2.24, 2.45) is 0 Å². The molecule has 0 aromatic heterocycles. The molecule has 2 fully saturated rings. The monoisotopic (exact) mass is 950 g/mol. The molecule has 4 atom stereocenters. The Labute approximate surface area is 389 Å². The summed E-state index contributed by atoms with van der Waals surface area (Å²) in [6, 6.07) is 22.7. The summed E-state index contributed by atoms with van der Waals surface area (Å²) in [5.41, 5.74) is 2.88. The number of rotatable bonds is 20. The molecule has 4 N–H and O–H groups in total. The van der Waals surface area contributed by atoms with E-state index in [0.29, 0.717) is 75.6 Å². The van der Waals surface area contributed by atoms with Crippen LogP contribution in [0.3, 0.4) is 0 Å². The number of hydrogen-bond donors (Lipinski definition) is 4. The van der Waals surface area contributed by atoms with Gasteiger partial charge in [-0.2, -0.15) is 0 Å². The maximum atomic E-state index is 12.5. The van der Waals surface area contributed by atoms with Crippen LogP contribution < -0.4 is 60.6 Å². The standard InChI is InChI=1S/2C24H34N2O4.2Cu/c2*1-3-29-21-13-7-9-17(23(21)27)15-25-19-11-5-6-12-20(19)26-16-18-10-8-14-22(24(18)28)30-4-2;;/h2*7-10,13-14,19-20,25-28H,3-6,11-12,15-16H2,1-2H3;;/q;;2*+2/p-4/t2*19-,20-;;/m11../s1. The van der Waals surface area contributed by atoms with Gasteiger partial charge in [0.05, 0.1) is 26.4 Å². The molecule has 4 aromatic rings. The van der Waals surface area contributed by atoms with E-state index in [1.165, 1.54) is 0 Å². The Morgan fingerprint density at radius 3 is 0.790 bits per heavy atom. The molecule has 0 aliphatic heterocycles. The molecule has 6 rings (SSSR count). The smallest absolute Gasteiger partial charge is 0.870 e. The van der Waals surface area contributed by atoms with Crippen LogP contribution >= 0.6 is 0 Å². The molecular weight excluding hydrogens is 888 g/mol. The van der Waals surface area contributed by atoms with Crippen LogP contribution in [0.15, 0.2) is 72.8 Å². The second-order valence-electron chi connectivity index (χ2n) is 15.2. The maximum Gasteiger partial charge on any atom is 2.00 e. The molecule has 2 aliphatic rings. The maximum absolute atomic E-state index is 12.5. The SMILES string of the molecule is CCOc1cccc(CN[C@@H]2CCCC[C@H]2NCc2cccc(OCC)c2[O-])c1[O-].CCOc1cccc(CN[C@@H]2CCCC[C@H]2NCc2cccc(OCC)c2[O-])c1[O-].[Cu+2].[Cu+2]. The van der Waals surface area contributed by atoms with Crippen LogP contribution in [-0.4, -0.2) is 50.6 Å². The first-order valence-corrected chi connectivity index (χ1v) is 21.9. The molecule has 0 unspecified atom stereocenters. The molecular formula is C48H64Cu2N4O8. The number of ether oxygens (including phenoxy) is 4. The van der Waals surface area contributed by atoms with E-state index in [4.69, 9.17) is 18.9 Å². The van der Waals surface area contributed by atoms with Gasteiger partial charge in [0.2, 0.25) is 0 Å². The van der Waals surface area contributed by atoms with E-state index in [0.717, 1.165) is 73.6 Å². The van der Waals surface area contributed by atoms with Gasteiger partial charge in [-0.25, -0.2) is 0 Å². The van der Waals surface area contributed by atoms with Crippen molar-refractivity contribution in [1.82, 2.24) is 21.3 Å². The number of nitrogens with one attached hydrogen (secondary N) is 4. The fraction of sp³-hybridized carbons (Fsp3) is 0.500. The predicted octanol–water partition coefficient (Wildman–Crippen LogP) is 5.64. The molecule has 14 heteroatoms. The van der Waals surface area contributed by atoms with Crippen molar-refractivity contribution in [1.29, 1.82) is 0 Å². The van der Waals surface area contributed by atoms with Gasteiger partial charge >= 0.3 is 34.1 Å². The predicted molar refractivity (Wildman–Crippen MR) is 228 cm³/mol. The summed E-state index contributed by atoms with van der Waals surface area (Å²) >= 11 is 0. The van der Waals surface area contributed by atoms with Gasteiger partial charge in [0.1, 0.15) is 23.0 Å². The van der Waals surface area contributed by atoms with Gasteiger partial charge in [0, 0.05) is 50.3 Å². The average Bonchev–Trinajstić information content (AvgIpc) is 3.26. The Morgan fingerprint density at radius 2 is 0.597 bits per heavy atom. The van der Waals surface area contributed by atoms with E-state index in [2.05, 4.69) is 21.3 Å². The quantitative estimate of drug-likeness (QED) is 0.0804. The summed E-state index contributed by atoms with van der Waals surface area (Å²) in [5.74, 6) is 1.46. The normalized spacial score (nSPS) is 18.3. The molecule has 4 aromatic carbocycles. The van der Waals surface area contributed by atoms with E-state index in [-0.39, 0.29) is 81.3 Å². The van der Waals surface area contributed by atoms with Crippen molar-refractivity contribution in [3.8, 4) is 46.0 Å². The molecule has 2 radical (unpaired) electrons. The van der Waals surface area contributed by atoms with Gasteiger partial charge in [0.15, 0.2) is 0 Å². The van der Waals surface area contributed by atoms with Crippen LogP contribution in [0, 0.1) is 0 Å². The van der Waals surface area contributed by atoms with Crippen molar-refractivity contribution in [2.75, 3.05) is 26.4 Å². The van der Waals surface area contributed by atoms with Gasteiger partial charge < -0.3 is 60.6 Å². The first kappa shape index (κ1) is 52.5. The molecule has 0 amide bonds. The van der Waals surface area contributed by atoms with Gasteiger partial charge in [0.25, 0.3) is 0 Å².